The lowest BCUT2D eigenvalue weighted by atomic mass is 10.1. The molecule has 0 bridgehead atoms. The van der Waals surface area contributed by atoms with Gasteiger partial charge in [0.15, 0.2) is 11.6 Å². The van der Waals surface area contributed by atoms with Crippen LogP contribution < -0.4 is 20.1 Å². The molecule has 15 nitrogen and oxygen atoms in total. The van der Waals surface area contributed by atoms with Gasteiger partial charge in [0.2, 0.25) is 17.8 Å². The molecule has 2 aromatic heterocycles. The quantitative estimate of drug-likeness (QED) is 0.0802. The molecule has 2 fully saturated rings. The molecule has 0 unspecified atom stereocenters. The molecular formula is C44H68N10O5. The van der Waals surface area contributed by atoms with E-state index in [2.05, 4.69) is 70.9 Å². The zero-order chi connectivity index (χ0) is 42.3. The molecule has 0 spiro atoms. The maximum Gasteiger partial charge on any atom is 0.227 e. The summed E-state index contributed by atoms with van der Waals surface area (Å²) in [5.74, 6) is 3.33. The number of likely N-dealkylation sites (tertiary alicyclic amines) is 2. The van der Waals surface area contributed by atoms with Crippen molar-refractivity contribution in [1.82, 2.24) is 39.3 Å². The molecule has 6 rings (SSSR count). The highest BCUT2D eigenvalue weighted by Crippen LogP contribution is 2.21. The van der Waals surface area contributed by atoms with Crippen LogP contribution >= 0.6 is 0 Å². The predicted octanol–water partition coefficient (Wildman–Crippen LogP) is 6.13. The van der Waals surface area contributed by atoms with Gasteiger partial charge in [0.1, 0.15) is 22.7 Å². The molecule has 15 heteroatoms. The second kappa shape index (κ2) is 22.2. The molecule has 0 aliphatic carbocycles. The van der Waals surface area contributed by atoms with E-state index in [1.165, 1.54) is 80.5 Å². The lowest BCUT2D eigenvalue weighted by molar-refractivity contribution is -0.116. The molecule has 4 heterocycles. The van der Waals surface area contributed by atoms with E-state index in [-0.39, 0.29) is 11.7 Å². The normalized spacial score (nSPS) is 15.3. The summed E-state index contributed by atoms with van der Waals surface area (Å²) >= 11 is 0. The summed E-state index contributed by atoms with van der Waals surface area (Å²) in [4.78, 5) is 25.8. The second-order valence-electron chi connectivity index (χ2n) is 16.8. The number of aryl methyl sites for hydroxylation is 2. The van der Waals surface area contributed by atoms with Gasteiger partial charge in [-0.1, -0.05) is 37.1 Å². The summed E-state index contributed by atoms with van der Waals surface area (Å²) in [5, 5.41) is 34.4. The van der Waals surface area contributed by atoms with E-state index in [9.17, 15) is 15.0 Å². The fourth-order valence-electron chi connectivity index (χ4n) is 7.00. The number of anilines is 2. The number of hydrogen-bond acceptors (Lipinski definition) is 12. The van der Waals surface area contributed by atoms with Gasteiger partial charge in [-0.15, -0.1) is 0 Å². The van der Waals surface area contributed by atoms with Crippen LogP contribution in [0.2, 0.25) is 0 Å². The first-order chi connectivity index (χ1) is 28.2. The Morgan fingerprint density at radius 3 is 1.64 bits per heavy atom. The van der Waals surface area contributed by atoms with E-state index in [4.69, 9.17) is 9.47 Å². The number of benzene rings is 2. The van der Waals surface area contributed by atoms with Crippen LogP contribution in [0.15, 0.2) is 48.5 Å². The van der Waals surface area contributed by atoms with E-state index in [0.29, 0.717) is 43.8 Å². The van der Waals surface area contributed by atoms with E-state index >= 15 is 0 Å². The summed E-state index contributed by atoms with van der Waals surface area (Å²) in [6.45, 7) is 15.3. The maximum atomic E-state index is 12.2. The van der Waals surface area contributed by atoms with Crippen LogP contribution in [0, 0.1) is 0 Å². The van der Waals surface area contributed by atoms with Crippen LogP contribution in [0.3, 0.4) is 0 Å². The van der Waals surface area contributed by atoms with Gasteiger partial charge in [0, 0.05) is 40.2 Å². The fourth-order valence-corrected chi connectivity index (χ4v) is 7.00. The molecule has 0 atom stereocenters. The third kappa shape index (κ3) is 15.5. The topological polar surface area (TPSA) is 168 Å². The van der Waals surface area contributed by atoms with Crippen molar-refractivity contribution in [3.63, 3.8) is 0 Å². The monoisotopic (exact) mass is 817 g/mol. The number of rotatable bonds is 19. The first kappa shape index (κ1) is 45.5. The average molecular weight is 817 g/mol. The van der Waals surface area contributed by atoms with Crippen LogP contribution in [0.1, 0.15) is 115 Å². The number of unbranched alkanes of at least 4 members (excludes halogenated alkanes) is 1. The smallest absolute Gasteiger partial charge is 0.227 e. The van der Waals surface area contributed by atoms with Crippen molar-refractivity contribution in [2.75, 3.05) is 56.6 Å². The van der Waals surface area contributed by atoms with Gasteiger partial charge in [-0.3, -0.25) is 19.9 Å². The first-order valence-electron chi connectivity index (χ1n) is 21.4. The summed E-state index contributed by atoms with van der Waals surface area (Å²) in [6, 6.07) is 16.7. The second-order valence-corrected chi connectivity index (χ2v) is 16.8. The highest BCUT2D eigenvalue weighted by molar-refractivity contribution is 5.88. The molecule has 0 radical (unpaired) electrons. The third-order valence-corrected chi connectivity index (χ3v) is 10.3. The van der Waals surface area contributed by atoms with Crippen molar-refractivity contribution in [1.29, 1.82) is 0 Å². The van der Waals surface area contributed by atoms with E-state index < -0.39 is 11.2 Å². The molecule has 4 aromatic rings. The Morgan fingerprint density at radius 2 is 1.15 bits per heavy atom. The Balaban J connectivity index is 0.000000224. The Morgan fingerprint density at radius 1 is 0.678 bits per heavy atom. The highest BCUT2D eigenvalue weighted by Gasteiger charge is 2.24. The van der Waals surface area contributed by atoms with Crippen LogP contribution in [0.25, 0.3) is 0 Å². The Hall–Kier alpha value is -4.57. The Kier molecular flexibility index (Phi) is 17.1. The molecule has 59 heavy (non-hydrogen) atoms. The van der Waals surface area contributed by atoms with Gasteiger partial charge in [-0.05, 0) is 134 Å². The molecule has 1 amide bonds. The first-order valence-corrected chi connectivity index (χ1v) is 21.4. The number of piperidine rings is 2. The Bertz CT molecular complexity index is 1870. The average Bonchev–Trinajstić information content (AvgIpc) is 3.78. The van der Waals surface area contributed by atoms with Gasteiger partial charge in [-0.25, -0.2) is 9.36 Å². The summed E-state index contributed by atoms with van der Waals surface area (Å²) < 4.78 is 14.9. The van der Waals surface area contributed by atoms with Crippen LogP contribution in [0.5, 0.6) is 11.5 Å². The molecular weight excluding hydrogens is 749 g/mol. The minimum Gasteiger partial charge on any atom is -0.494 e. The number of ether oxygens (including phenoxy) is 2. The number of nitrogens with one attached hydrogen (secondary N) is 2. The van der Waals surface area contributed by atoms with E-state index in [1.807, 2.05) is 25.2 Å². The number of aliphatic hydroxyl groups is 2. The molecule has 2 aliphatic heterocycles. The van der Waals surface area contributed by atoms with Gasteiger partial charge in [0.05, 0.1) is 13.2 Å². The lowest BCUT2D eigenvalue weighted by Gasteiger charge is -2.26. The van der Waals surface area contributed by atoms with Gasteiger partial charge in [-0.2, -0.15) is 20.2 Å². The SMILES string of the molecule is Cn1nc(C(C)(C)O)nc1NC(=O)CCCOc1cccc(CN2CCCCC2)c1.Cn1nc(C(C)(C)O)nc1NCCCCOc1cccc(CN2CCCCC2)c1. The molecule has 2 aromatic carbocycles. The number of nitrogens with zero attached hydrogens (tertiary/aromatic N) is 8. The molecule has 324 valence electrons. The van der Waals surface area contributed by atoms with Crippen LogP contribution in [0.4, 0.5) is 11.9 Å². The lowest BCUT2D eigenvalue weighted by Crippen LogP contribution is -2.29. The predicted molar refractivity (Wildman–Crippen MR) is 230 cm³/mol. The van der Waals surface area contributed by atoms with Crippen molar-refractivity contribution in [2.45, 2.75) is 116 Å². The maximum absolute atomic E-state index is 12.2. The zero-order valence-electron chi connectivity index (χ0n) is 36.3. The standard InChI is InChI=1S/C22H33N5O3.C22H35N5O2/c1-22(2,29)20-24-21(26(3)25-20)23-19(28)11-8-14-30-18-10-7-9-17(15-18)16-27-12-5-4-6-13-27;1-22(2,28)20-24-21(26(3)25-20)23-12-5-8-15-29-19-11-9-10-18(16-19)17-27-13-6-4-7-14-27/h7,9-10,15,29H,4-6,8,11-14,16H2,1-3H3,(H,23,24,25,28);9-11,16,28H,4-8,12-15,17H2,1-3H3,(H,23,24,25). The number of carbonyl (C=O) groups is 1. The third-order valence-electron chi connectivity index (χ3n) is 10.3. The molecule has 4 N–H and O–H groups in total. The Labute approximate surface area is 350 Å². The fraction of sp³-hybridized carbons (Fsp3) is 0.614. The number of aromatic nitrogens is 6. The van der Waals surface area contributed by atoms with Crippen LogP contribution in [-0.4, -0.2) is 101 Å². The van der Waals surface area contributed by atoms with Crippen molar-refractivity contribution >= 4 is 17.8 Å². The largest absolute Gasteiger partial charge is 0.494 e. The van der Waals surface area contributed by atoms with Crippen molar-refractivity contribution < 1.29 is 24.5 Å². The molecule has 2 aliphatic rings. The van der Waals surface area contributed by atoms with E-state index in [0.717, 1.165) is 44.0 Å². The van der Waals surface area contributed by atoms with Crippen molar-refractivity contribution in [2.24, 2.45) is 14.1 Å². The van der Waals surface area contributed by atoms with Gasteiger partial charge >= 0.3 is 0 Å². The summed E-state index contributed by atoms with van der Waals surface area (Å²) in [5.41, 5.74) is 0.401. The number of amides is 1. The summed E-state index contributed by atoms with van der Waals surface area (Å²) in [7, 11) is 3.50. The van der Waals surface area contributed by atoms with Gasteiger partial charge in [0.25, 0.3) is 0 Å². The zero-order valence-corrected chi connectivity index (χ0v) is 36.3. The number of carbonyl (C=O) groups excluding carboxylic acids is 1. The molecule has 0 saturated carbocycles. The van der Waals surface area contributed by atoms with Crippen LogP contribution in [-0.2, 0) is 43.2 Å². The molecule has 2 saturated heterocycles. The minimum absolute atomic E-state index is 0.157. The summed E-state index contributed by atoms with van der Waals surface area (Å²) in [6.07, 6.45) is 10.7. The van der Waals surface area contributed by atoms with Crippen molar-refractivity contribution in [3.8, 4) is 11.5 Å². The minimum atomic E-state index is -1.16. The van der Waals surface area contributed by atoms with Gasteiger partial charge < -0.3 is 25.0 Å². The van der Waals surface area contributed by atoms with E-state index in [1.54, 1.807) is 39.4 Å². The van der Waals surface area contributed by atoms with Crippen molar-refractivity contribution in [3.05, 3.63) is 71.3 Å². The number of hydrogen-bond donors (Lipinski definition) is 4. The highest BCUT2D eigenvalue weighted by atomic mass is 16.5.